The minimum absolute atomic E-state index is 0.336. The smallest absolute Gasteiger partial charge is 0.332 e. The van der Waals surface area contributed by atoms with Crippen LogP contribution >= 0.6 is 22.6 Å². The third-order valence-corrected chi connectivity index (χ3v) is 2.89. The lowest BCUT2D eigenvalue weighted by molar-refractivity contribution is -0.137. The molecule has 0 aliphatic carbocycles. The third kappa shape index (κ3) is 3.60. The Bertz CT molecular complexity index is 609. The van der Waals surface area contributed by atoms with Gasteiger partial charge >= 0.3 is 5.97 Å². The Kier molecular flexibility index (Phi) is 4.61. The minimum Gasteiger partial charge on any atom is -0.463 e. The molecule has 0 aliphatic heterocycles. The zero-order valence-corrected chi connectivity index (χ0v) is 12.3. The standard InChI is InChI=1S/C12H11IN4O2/c1-2-19-11(18)6-7-17-12(14-15-16-17)9-4-3-5-10(13)8-9/h3-8H,2H2,1H3/b7-6+. The van der Waals surface area contributed by atoms with Crippen LogP contribution in [0.15, 0.2) is 30.3 Å². The maximum Gasteiger partial charge on any atom is 0.332 e. The lowest BCUT2D eigenvalue weighted by atomic mass is 10.2. The number of rotatable bonds is 4. The fourth-order valence-corrected chi connectivity index (χ4v) is 1.98. The highest BCUT2D eigenvalue weighted by molar-refractivity contribution is 14.1. The van der Waals surface area contributed by atoms with Gasteiger partial charge in [0, 0.05) is 21.4 Å². The molecule has 98 valence electrons. The van der Waals surface area contributed by atoms with E-state index in [2.05, 4.69) is 38.1 Å². The number of benzene rings is 1. The molecule has 0 saturated heterocycles. The molecule has 0 N–H and O–H groups in total. The van der Waals surface area contributed by atoms with Crippen molar-refractivity contribution in [2.45, 2.75) is 6.92 Å². The van der Waals surface area contributed by atoms with E-state index in [0.717, 1.165) is 9.13 Å². The van der Waals surface area contributed by atoms with Crippen LogP contribution in [0.2, 0.25) is 0 Å². The van der Waals surface area contributed by atoms with Crippen LogP contribution in [0, 0.1) is 3.57 Å². The summed E-state index contributed by atoms with van der Waals surface area (Å²) in [6.45, 7) is 2.09. The van der Waals surface area contributed by atoms with E-state index < -0.39 is 5.97 Å². The van der Waals surface area contributed by atoms with E-state index in [-0.39, 0.29) is 0 Å². The second kappa shape index (κ2) is 6.41. The van der Waals surface area contributed by atoms with Crippen LogP contribution < -0.4 is 0 Å². The van der Waals surface area contributed by atoms with E-state index in [4.69, 9.17) is 4.74 Å². The van der Waals surface area contributed by atoms with Gasteiger partial charge in [-0.2, -0.15) is 4.68 Å². The predicted molar refractivity (Wildman–Crippen MR) is 77.9 cm³/mol. The monoisotopic (exact) mass is 370 g/mol. The van der Waals surface area contributed by atoms with Gasteiger partial charge in [0.15, 0.2) is 5.82 Å². The van der Waals surface area contributed by atoms with Gasteiger partial charge in [0.25, 0.3) is 0 Å². The second-order valence-corrected chi connectivity index (χ2v) is 4.77. The fraction of sp³-hybridized carbons (Fsp3) is 0.167. The molecular weight excluding hydrogens is 359 g/mol. The molecule has 1 aromatic carbocycles. The van der Waals surface area contributed by atoms with E-state index >= 15 is 0 Å². The number of carbonyl (C=O) groups excluding carboxylic acids is 1. The van der Waals surface area contributed by atoms with Crippen LogP contribution in [0.4, 0.5) is 0 Å². The highest BCUT2D eigenvalue weighted by Crippen LogP contribution is 2.18. The quantitative estimate of drug-likeness (QED) is 0.468. The summed E-state index contributed by atoms with van der Waals surface area (Å²) >= 11 is 2.22. The Morgan fingerprint density at radius 3 is 3.11 bits per heavy atom. The normalized spacial score (nSPS) is 10.8. The van der Waals surface area contributed by atoms with E-state index in [1.165, 1.54) is 17.0 Å². The van der Waals surface area contributed by atoms with Crippen LogP contribution in [0.1, 0.15) is 6.92 Å². The zero-order valence-electron chi connectivity index (χ0n) is 10.2. The van der Waals surface area contributed by atoms with Gasteiger partial charge in [0.2, 0.25) is 0 Å². The number of nitrogens with zero attached hydrogens (tertiary/aromatic N) is 4. The first-order chi connectivity index (χ1) is 9.20. The van der Waals surface area contributed by atoms with Crippen molar-refractivity contribution < 1.29 is 9.53 Å². The first-order valence-electron chi connectivity index (χ1n) is 5.59. The van der Waals surface area contributed by atoms with Crippen LogP contribution in [0.5, 0.6) is 0 Å². The Labute approximate surface area is 123 Å². The molecule has 19 heavy (non-hydrogen) atoms. The highest BCUT2D eigenvalue weighted by atomic mass is 127. The van der Waals surface area contributed by atoms with Gasteiger partial charge in [-0.3, -0.25) is 0 Å². The SMILES string of the molecule is CCOC(=O)/C=C/n1nnnc1-c1cccc(I)c1. The number of halogens is 1. The van der Waals surface area contributed by atoms with Gasteiger partial charge in [-0.05, 0) is 52.1 Å². The Balaban J connectivity index is 2.25. The van der Waals surface area contributed by atoms with E-state index in [0.29, 0.717) is 12.4 Å². The lowest BCUT2D eigenvalue weighted by Gasteiger charge is -2.00. The molecule has 0 amide bonds. The molecule has 0 bridgehead atoms. The van der Waals surface area contributed by atoms with Gasteiger partial charge in [-0.1, -0.05) is 12.1 Å². The zero-order chi connectivity index (χ0) is 13.7. The maximum absolute atomic E-state index is 11.2. The largest absolute Gasteiger partial charge is 0.463 e. The van der Waals surface area contributed by atoms with Gasteiger partial charge in [0.1, 0.15) is 0 Å². The van der Waals surface area contributed by atoms with Crippen LogP contribution in [-0.4, -0.2) is 32.8 Å². The first kappa shape index (κ1) is 13.7. The lowest BCUT2D eigenvalue weighted by Crippen LogP contribution is -2.01. The van der Waals surface area contributed by atoms with Crippen molar-refractivity contribution in [3.63, 3.8) is 0 Å². The summed E-state index contributed by atoms with van der Waals surface area (Å²) in [5.74, 6) is 0.144. The molecule has 0 saturated carbocycles. The summed E-state index contributed by atoms with van der Waals surface area (Å²) in [6, 6.07) is 7.77. The van der Waals surface area contributed by atoms with Gasteiger partial charge in [-0.15, -0.1) is 5.10 Å². The molecule has 2 rings (SSSR count). The molecule has 0 aliphatic rings. The molecule has 0 spiro atoms. The van der Waals surface area contributed by atoms with Crippen LogP contribution in [0.3, 0.4) is 0 Å². The van der Waals surface area contributed by atoms with Gasteiger partial charge < -0.3 is 4.74 Å². The van der Waals surface area contributed by atoms with E-state index in [1.807, 2.05) is 24.3 Å². The Morgan fingerprint density at radius 1 is 1.53 bits per heavy atom. The van der Waals surface area contributed by atoms with E-state index in [9.17, 15) is 4.79 Å². The summed E-state index contributed by atoms with van der Waals surface area (Å²) in [4.78, 5) is 11.2. The third-order valence-electron chi connectivity index (χ3n) is 2.21. The molecular formula is C12H11IN4O2. The summed E-state index contributed by atoms with van der Waals surface area (Å²) < 4.78 is 7.31. The summed E-state index contributed by atoms with van der Waals surface area (Å²) in [6.07, 6.45) is 2.77. The van der Waals surface area contributed by atoms with Crippen molar-refractivity contribution in [2.75, 3.05) is 6.61 Å². The average Bonchev–Trinajstić information content (AvgIpc) is 2.85. The number of ether oxygens (including phenoxy) is 1. The summed E-state index contributed by atoms with van der Waals surface area (Å²) in [5, 5.41) is 11.4. The molecule has 6 nitrogen and oxygen atoms in total. The van der Waals surface area contributed by atoms with Crippen LogP contribution in [0.25, 0.3) is 17.6 Å². The van der Waals surface area contributed by atoms with Crippen molar-refractivity contribution in [1.29, 1.82) is 0 Å². The number of carbonyl (C=O) groups is 1. The number of tetrazole rings is 1. The summed E-state index contributed by atoms with van der Waals surface area (Å²) in [5.41, 5.74) is 0.880. The molecule has 0 radical (unpaired) electrons. The van der Waals surface area contributed by atoms with Gasteiger partial charge in [-0.25, -0.2) is 4.79 Å². The fourth-order valence-electron chi connectivity index (χ4n) is 1.43. The second-order valence-electron chi connectivity index (χ2n) is 3.53. The van der Waals surface area contributed by atoms with Gasteiger partial charge in [0.05, 0.1) is 6.61 Å². The molecule has 0 atom stereocenters. The molecule has 0 unspecified atom stereocenters. The topological polar surface area (TPSA) is 69.9 Å². The van der Waals surface area contributed by atoms with Crippen LogP contribution in [-0.2, 0) is 9.53 Å². The number of hydrogen-bond acceptors (Lipinski definition) is 5. The van der Waals surface area contributed by atoms with Crippen molar-refractivity contribution >= 4 is 34.8 Å². The first-order valence-corrected chi connectivity index (χ1v) is 6.67. The van der Waals surface area contributed by atoms with Crippen molar-refractivity contribution in [1.82, 2.24) is 20.2 Å². The van der Waals surface area contributed by atoms with E-state index in [1.54, 1.807) is 6.92 Å². The predicted octanol–water partition coefficient (Wildman–Crippen LogP) is 1.98. The molecule has 1 heterocycles. The molecule has 0 fully saturated rings. The van der Waals surface area contributed by atoms with Crippen molar-refractivity contribution in [3.8, 4) is 11.4 Å². The molecule has 1 aromatic heterocycles. The number of hydrogen-bond donors (Lipinski definition) is 0. The Hall–Kier alpha value is -1.77. The average molecular weight is 370 g/mol. The Morgan fingerprint density at radius 2 is 2.37 bits per heavy atom. The summed E-state index contributed by atoms with van der Waals surface area (Å²) in [7, 11) is 0. The minimum atomic E-state index is -0.424. The maximum atomic E-state index is 11.2. The highest BCUT2D eigenvalue weighted by Gasteiger charge is 2.07. The number of esters is 1. The van der Waals surface area contributed by atoms with Crippen molar-refractivity contribution in [2.24, 2.45) is 0 Å². The number of aromatic nitrogens is 4. The van der Waals surface area contributed by atoms with Crippen molar-refractivity contribution in [3.05, 3.63) is 33.9 Å². The molecule has 7 heteroatoms. The molecule has 2 aromatic rings.